The summed E-state index contributed by atoms with van der Waals surface area (Å²) in [7, 11) is 0. The highest BCUT2D eigenvalue weighted by Crippen LogP contribution is 2.27. The second-order valence-corrected chi connectivity index (χ2v) is 7.80. The van der Waals surface area contributed by atoms with Crippen molar-refractivity contribution >= 4 is 17.8 Å². The fourth-order valence-corrected chi connectivity index (χ4v) is 3.54. The van der Waals surface area contributed by atoms with Crippen molar-refractivity contribution in [1.82, 2.24) is 20.2 Å². The summed E-state index contributed by atoms with van der Waals surface area (Å²) in [4.78, 5) is 34.6. The molecule has 0 unspecified atom stereocenters. The summed E-state index contributed by atoms with van der Waals surface area (Å²) in [5, 5.41) is 5.33. The maximum Gasteiger partial charge on any atom is 0.573 e. The Labute approximate surface area is 203 Å². The molecule has 1 fully saturated rings. The molecule has 0 radical (unpaired) electrons. The van der Waals surface area contributed by atoms with Gasteiger partial charge < -0.3 is 24.1 Å². The number of rotatable bonds is 7. The summed E-state index contributed by atoms with van der Waals surface area (Å²) in [6, 6.07) is 7.89. The number of oxazole rings is 1. The van der Waals surface area contributed by atoms with Crippen LogP contribution in [0.4, 0.5) is 23.8 Å². The van der Waals surface area contributed by atoms with E-state index in [1.54, 1.807) is 11.0 Å². The number of benzene rings is 1. The predicted molar refractivity (Wildman–Crippen MR) is 119 cm³/mol. The first-order valence-electron chi connectivity index (χ1n) is 11.0. The number of pyridine rings is 1. The van der Waals surface area contributed by atoms with E-state index in [2.05, 4.69) is 25.3 Å². The van der Waals surface area contributed by atoms with Gasteiger partial charge in [0.1, 0.15) is 29.7 Å². The molecule has 3 aromatic rings. The lowest BCUT2D eigenvalue weighted by atomic mass is 10.1. The van der Waals surface area contributed by atoms with Gasteiger partial charge in [0.2, 0.25) is 5.89 Å². The van der Waals surface area contributed by atoms with Crippen LogP contribution in [0.2, 0.25) is 0 Å². The number of alkyl halides is 3. The number of ether oxygens (including phenoxy) is 2. The average molecular weight is 505 g/mol. The number of carbonyl (C=O) groups excluding carboxylic acids is 2. The lowest BCUT2D eigenvalue weighted by molar-refractivity contribution is -0.274. The lowest BCUT2D eigenvalue weighted by Crippen LogP contribution is -2.43. The molecule has 0 saturated carbocycles. The summed E-state index contributed by atoms with van der Waals surface area (Å²) in [6.45, 7) is 0.851. The number of piperidine rings is 1. The van der Waals surface area contributed by atoms with Crippen molar-refractivity contribution in [3.63, 3.8) is 0 Å². The summed E-state index contributed by atoms with van der Waals surface area (Å²) in [5.41, 5.74) is 0.302. The van der Waals surface area contributed by atoms with Crippen molar-refractivity contribution in [2.24, 2.45) is 0 Å². The van der Waals surface area contributed by atoms with Gasteiger partial charge in [0, 0.05) is 43.8 Å². The van der Waals surface area contributed by atoms with E-state index in [1.807, 2.05) is 0 Å². The van der Waals surface area contributed by atoms with Crippen LogP contribution in [0.5, 0.6) is 11.5 Å². The van der Waals surface area contributed by atoms with E-state index in [9.17, 15) is 22.8 Å². The number of amides is 3. The smallest absolute Gasteiger partial charge is 0.490 e. The minimum atomic E-state index is -4.78. The molecule has 36 heavy (non-hydrogen) atoms. The van der Waals surface area contributed by atoms with Gasteiger partial charge in [0.15, 0.2) is 0 Å². The number of halogens is 3. The van der Waals surface area contributed by atoms with Gasteiger partial charge in [-0.25, -0.2) is 14.8 Å². The van der Waals surface area contributed by atoms with Gasteiger partial charge in [-0.05, 0) is 24.3 Å². The number of carbonyl (C=O) groups is 2. The van der Waals surface area contributed by atoms with E-state index >= 15 is 0 Å². The zero-order valence-electron chi connectivity index (χ0n) is 18.8. The fraction of sp³-hybridized carbons (Fsp3) is 0.304. The molecule has 1 aliphatic rings. The molecule has 13 heteroatoms. The third-order valence-corrected chi connectivity index (χ3v) is 5.21. The van der Waals surface area contributed by atoms with Crippen LogP contribution >= 0.6 is 0 Å². The Balaban J connectivity index is 1.25. The molecule has 0 aliphatic carbocycles. The van der Waals surface area contributed by atoms with Crippen LogP contribution in [0, 0.1) is 0 Å². The highest BCUT2D eigenvalue weighted by molar-refractivity contribution is 5.96. The van der Waals surface area contributed by atoms with Crippen molar-refractivity contribution in [2.45, 2.75) is 31.9 Å². The topological polar surface area (TPSA) is 119 Å². The van der Waals surface area contributed by atoms with Crippen LogP contribution in [-0.2, 0) is 6.54 Å². The molecule has 3 amide bonds. The normalized spacial score (nSPS) is 14.2. The molecule has 1 saturated heterocycles. The molecule has 4 rings (SSSR count). The summed E-state index contributed by atoms with van der Waals surface area (Å²) in [6.07, 6.45) is 0.189. The molecular weight excluding hydrogens is 483 g/mol. The molecule has 1 aromatic carbocycles. The van der Waals surface area contributed by atoms with Gasteiger partial charge in [0.25, 0.3) is 5.91 Å². The summed E-state index contributed by atoms with van der Waals surface area (Å²) >= 11 is 0. The van der Waals surface area contributed by atoms with Crippen LogP contribution in [-0.4, -0.2) is 52.4 Å². The molecular formula is C23H22F3N5O5. The molecule has 2 N–H and O–H groups in total. The molecule has 0 spiro atoms. The van der Waals surface area contributed by atoms with Crippen molar-refractivity contribution in [1.29, 1.82) is 0 Å². The first-order chi connectivity index (χ1) is 17.2. The standard InChI is InChI=1S/C23H22F3N5O5/c24-23(25,26)36-18-3-1-2-17(13-18)35-16-5-9-31(10-6-16)22(33)30-19-12-15(4-7-27-19)21(32)29-14-20-28-8-11-34-20/h1-4,7-8,11-13,16H,5-6,9-10,14H2,(H,29,32)(H,27,30,33). The molecule has 3 heterocycles. The van der Waals surface area contributed by atoms with E-state index in [4.69, 9.17) is 9.15 Å². The third kappa shape index (κ3) is 7.10. The first-order valence-corrected chi connectivity index (χ1v) is 11.0. The van der Waals surface area contributed by atoms with Gasteiger partial charge in [-0.3, -0.25) is 10.1 Å². The minimum absolute atomic E-state index is 0.118. The predicted octanol–water partition coefficient (Wildman–Crippen LogP) is 3.97. The van der Waals surface area contributed by atoms with Crippen molar-refractivity contribution < 1.29 is 36.7 Å². The summed E-state index contributed by atoms with van der Waals surface area (Å²) < 4.78 is 52.0. The number of nitrogens with one attached hydrogen (secondary N) is 2. The maximum absolute atomic E-state index is 12.7. The third-order valence-electron chi connectivity index (χ3n) is 5.21. The molecule has 0 bridgehead atoms. The maximum atomic E-state index is 12.7. The van der Waals surface area contributed by atoms with E-state index < -0.39 is 6.36 Å². The van der Waals surface area contributed by atoms with Gasteiger partial charge >= 0.3 is 12.4 Å². The van der Waals surface area contributed by atoms with Gasteiger partial charge in [-0.2, -0.15) is 0 Å². The Morgan fingerprint density at radius 3 is 2.58 bits per heavy atom. The Kier molecular flexibility index (Phi) is 7.56. The number of nitrogens with zero attached hydrogens (tertiary/aromatic N) is 3. The van der Waals surface area contributed by atoms with Crippen LogP contribution < -0.4 is 20.1 Å². The Morgan fingerprint density at radius 2 is 1.86 bits per heavy atom. The van der Waals surface area contributed by atoms with Crippen LogP contribution in [0.1, 0.15) is 29.1 Å². The number of urea groups is 1. The summed E-state index contributed by atoms with van der Waals surface area (Å²) in [5.74, 6) is 0.0812. The Hall–Kier alpha value is -4.29. The number of hydrogen-bond acceptors (Lipinski definition) is 7. The van der Waals surface area contributed by atoms with Crippen LogP contribution in [0.15, 0.2) is 59.5 Å². The highest BCUT2D eigenvalue weighted by Gasteiger charge is 2.31. The average Bonchev–Trinajstić information content (AvgIpc) is 3.36. The van der Waals surface area contributed by atoms with E-state index in [-0.39, 0.29) is 41.9 Å². The second kappa shape index (κ2) is 11.0. The number of aromatic nitrogens is 2. The zero-order valence-corrected chi connectivity index (χ0v) is 18.8. The van der Waals surface area contributed by atoms with Gasteiger partial charge in [-0.15, -0.1) is 13.2 Å². The van der Waals surface area contributed by atoms with Crippen molar-refractivity contribution in [3.8, 4) is 11.5 Å². The van der Waals surface area contributed by atoms with E-state index in [0.717, 1.165) is 0 Å². The van der Waals surface area contributed by atoms with Gasteiger partial charge in [-0.1, -0.05) is 6.07 Å². The molecule has 10 nitrogen and oxygen atoms in total. The Morgan fingerprint density at radius 1 is 1.08 bits per heavy atom. The number of likely N-dealkylation sites (tertiary alicyclic amines) is 1. The monoisotopic (exact) mass is 505 g/mol. The largest absolute Gasteiger partial charge is 0.573 e. The van der Waals surface area contributed by atoms with E-state index in [1.165, 1.54) is 49.0 Å². The fourth-order valence-electron chi connectivity index (χ4n) is 3.54. The number of anilines is 1. The van der Waals surface area contributed by atoms with Crippen molar-refractivity contribution in [2.75, 3.05) is 18.4 Å². The first kappa shape index (κ1) is 24.8. The van der Waals surface area contributed by atoms with Crippen LogP contribution in [0.3, 0.4) is 0 Å². The molecule has 2 aromatic heterocycles. The quantitative estimate of drug-likeness (QED) is 0.499. The highest BCUT2D eigenvalue weighted by atomic mass is 19.4. The van der Waals surface area contributed by atoms with Crippen molar-refractivity contribution in [3.05, 3.63) is 66.5 Å². The molecule has 0 atom stereocenters. The van der Waals surface area contributed by atoms with Gasteiger partial charge in [0.05, 0.1) is 12.7 Å². The van der Waals surface area contributed by atoms with E-state index in [0.29, 0.717) is 37.4 Å². The SMILES string of the molecule is O=C(NCc1ncco1)c1ccnc(NC(=O)N2CCC(Oc3cccc(OC(F)(F)F)c3)CC2)c1. The molecule has 190 valence electrons. The zero-order chi connectivity index (χ0) is 25.5. The lowest BCUT2D eigenvalue weighted by Gasteiger charge is -2.32. The second-order valence-electron chi connectivity index (χ2n) is 7.80. The Bertz CT molecular complexity index is 1180. The molecule has 1 aliphatic heterocycles. The number of hydrogen-bond donors (Lipinski definition) is 2. The van der Waals surface area contributed by atoms with Crippen LogP contribution in [0.25, 0.3) is 0 Å². The minimum Gasteiger partial charge on any atom is -0.490 e.